The molecule has 11 rings (SSSR count). The van der Waals surface area contributed by atoms with Gasteiger partial charge in [0.05, 0.1) is 45.4 Å². The molecule has 4 nitrogen and oxygen atoms in total. The lowest BCUT2D eigenvalue weighted by Crippen LogP contribution is -2.08. The molecule has 0 fully saturated rings. The second-order valence-corrected chi connectivity index (χ2v) is 14.5. The van der Waals surface area contributed by atoms with Gasteiger partial charge in [-0.15, -0.1) is 0 Å². The molecule has 56 heavy (non-hydrogen) atoms. The molecule has 1 unspecified atom stereocenters. The van der Waals surface area contributed by atoms with Crippen LogP contribution in [0.25, 0.3) is 88.6 Å². The molecule has 264 valence electrons. The summed E-state index contributed by atoms with van der Waals surface area (Å²) in [6.07, 6.45) is 7.85. The number of aromatic nitrogens is 4. The summed E-state index contributed by atoms with van der Waals surface area (Å²) >= 11 is 0. The van der Waals surface area contributed by atoms with Gasteiger partial charge in [0.2, 0.25) is 0 Å². The Morgan fingerprint density at radius 1 is 0.411 bits per heavy atom. The fourth-order valence-electron chi connectivity index (χ4n) is 8.60. The molecule has 4 aromatic heterocycles. The number of para-hydroxylation sites is 2. The summed E-state index contributed by atoms with van der Waals surface area (Å²) in [6.45, 7) is 0. The minimum atomic E-state index is 0.172. The number of fused-ring (bicyclic) bond motifs is 6. The largest absolute Gasteiger partial charge is 0.333 e. The van der Waals surface area contributed by atoms with Gasteiger partial charge in [0.25, 0.3) is 0 Å². The van der Waals surface area contributed by atoms with Crippen molar-refractivity contribution in [2.24, 2.45) is 0 Å². The van der Waals surface area contributed by atoms with Crippen molar-refractivity contribution >= 4 is 49.2 Å². The van der Waals surface area contributed by atoms with Crippen LogP contribution in [0.1, 0.15) is 18.2 Å². The predicted octanol–water partition coefficient (Wildman–Crippen LogP) is 13.3. The molecule has 0 saturated heterocycles. The third-order valence-electron chi connectivity index (χ3n) is 11.3. The lowest BCUT2D eigenvalue weighted by atomic mass is 9.99. The highest BCUT2D eigenvalue weighted by Crippen LogP contribution is 2.41. The molecule has 6 aromatic carbocycles. The fourth-order valence-corrected chi connectivity index (χ4v) is 8.60. The van der Waals surface area contributed by atoms with E-state index in [9.17, 15) is 0 Å². The lowest BCUT2D eigenvalue weighted by Gasteiger charge is -2.21. The number of hydrogen-bond donors (Lipinski definition) is 0. The van der Waals surface area contributed by atoms with Crippen LogP contribution in [0.3, 0.4) is 0 Å². The molecule has 0 amide bonds. The number of allylic oxidation sites excluding steroid dienone is 4. The van der Waals surface area contributed by atoms with Crippen molar-refractivity contribution in [2.45, 2.75) is 12.5 Å². The average molecular weight is 717 g/mol. The summed E-state index contributed by atoms with van der Waals surface area (Å²) in [6, 6.07) is 64.8. The van der Waals surface area contributed by atoms with Crippen LogP contribution < -0.4 is 0 Å². The first-order valence-corrected chi connectivity index (χ1v) is 19.3. The monoisotopic (exact) mass is 716 g/mol. The van der Waals surface area contributed by atoms with E-state index in [2.05, 4.69) is 197 Å². The Kier molecular flexibility index (Phi) is 7.59. The molecule has 0 bridgehead atoms. The number of hydrogen-bond acceptors (Lipinski definition) is 2. The molecule has 4 heteroatoms. The van der Waals surface area contributed by atoms with Gasteiger partial charge in [-0.05, 0) is 72.7 Å². The van der Waals surface area contributed by atoms with Crippen molar-refractivity contribution in [1.29, 1.82) is 0 Å². The van der Waals surface area contributed by atoms with E-state index < -0.39 is 0 Å². The Labute approximate surface area is 325 Å². The van der Waals surface area contributed by atoms with Gasteiger partial charge in [-0.25, -0.2) is 9.97 Å². The maximum Gasteiger partial charge on any atom is 0.0709 e. The molecule has 0 radical (unpaired) electrons. The predicted molar refractivity (Wildman–Crippen MR) is 233 cm³/mol. The molecule has 10 aromatic rings. The molecular weight excluding hydrogens is 681 g/mol. The minimum absolute atomic E-state index is 0.172. The van der Waals surface area contributed by atoms with Crippen LogP contribution in [0.5, 0.6) is 0 Å². The average Bonchev–Trinajstić information content (AvgIpc) is 3.78. The maximum absolute atomic E-state index is 5.05. The van der Waals surface area contributed by atoms with Crippen LogP contribution in [0, 0.1) is 0 Å². The van der Waals surface area contributed by atoms with Crippen LogP contribution in [0.2, 0.25) is 0 Å². The molecule has 0 N–H and O–H groups in total. The summed E-state index contributed by atoms with van der Waals surface area (Å²) in [5.41, 5.74) is 14.4. The van der Waals surface area contributed by atoms with Gasteiger partial charge in [-0.1, -0.05) is 140 Å². The molecular formula is C52H36N4. The molecule has 1 aliphatic carbocycles. The summed E-state index contributed by atoms with van der Waals surface area (Å²) in [5.74, 6) is 0. The highest BCUT2D eigenvalue weighted by atomic mass is 15.0. The first kappa shape index (κ1) is 32.2. The zero-order valence-corrected chi connectivity index (χ0v) is 30.6. The SMILES string of the molecule is C1=CC(n2c3ccccc3c3cc4c(cc32)c2ccccc2n4-c2ccc(-c3cccc(-c4ccccc4)n3)cc2)CC=C1c1cccc(-c2ccccc2)n1. The van der Waals surface area contributed by atoms with Gasteiger partial charge in [-0.3, -0.25) is 0 Å². The van der Waals surface area contributed by atoms with Crippen LogP contribution in [0.4, 0.5) is 0 Å². The third-order valence-corrected chi connectivity index (χ3v) is 11.3. The number of nitrogens with zero attached hydrogens (tertiary/aromatic N) is 4. The fraction of sp³-hybridized carbons (Fsp3) is 0.0385. The summed E-state index contributed by atoms with van der Waals surface area (Å²) in [5, 5.41) is 5.02. The second-order valence-electron chi connectivity index (χ2n) is 14.5. The van der Waals surface area contributed by atoms with Gasteiger partial charge in [0, 0.05) is 49.4 Å². The van der Waals surface area contributed by atoms with Crippen LogP contribution in [0.15, 0.2) is 200 Å². The zero-order chi connectivity index (χ0) is 37.0. The Balaban J connectivity index is 0.995. The Bertz CT molecular complexity index is 3150. The van der Waals surface area contributed by atoms with Crippen molar-refractivity contribution < 1.29 is 0 Å². The van der Waals surface area contributed by atoms with E-state index in [4.69, 9.17) is 9.97 Å². The van der Waals surface area contributed by atoms with Crippen molar-refractivity contribution in [2.75, 3.05) is 0 Å². The summed E-state index contributed by atoms with van der Waals surface area (Å²) in [7, 11) is 0. The van der Waals surface area contributed by atoms with Crippen molar-refractivity contribution in [3.8, 4) is 39.5 Å². The van der Waals surface area contributed by atoms with Gasteiger partial charge in [0.1, 0.15) is 0 Å². The van der Waals surface area contributed by atoms with E-state index in [0.717, 1.165) is 57.1 Å². The van der Waals surface area contributed by atoms with E-state index in [1.807, 2.05) is 12.1 Å². The first-order valence-electron chi connectivity index (χ1n) is 19.3. The van der Waals surface area contributed by atoms with Crippen LogP contribution in [-0.4, -0.2) is 19.1 Å². The lowest BCUT2D eigenvalue weighted by molar-refractivity contribution is 0.649. The summed E-state index contributed by atoms with van der Waals surface area (Å²) < 4.78 is 4.96. The van der Waals surface area contributed by atoms with Crippen molar-refractivity contribution in [3.63, 3.8) is 0 Å². The van der Waals surface area contributed by atoms with E-state index in [-0.39, 0.29) is 6.04 Å². The molecule has 1 atom stereocenters. The van der Waals surface area contributed by atoms with E-state index in [1.165, 1.54) is 43.6 Å². The Morgan fingerprint density at radius 2 is 0.929 bits per heavy atom. The zero-order valence-electron chi connectivity index (χ0n) is 30.6. The molecule has 1 aliphatic rings. The molecule has 4 heterocycles. The molecule has 0 saturated carbocycles. The van der Waals surface area contributed by atoms with Gasteiger partial charge < -0.3 is 9.13 Å². The first-order chi connectivity index (χ1) is 27.8. The van der Waals surface area contributed by atoms with E-state index >= 15 is 0 Å². The number of rotatable bonds is 6. The topological polar surface area (TPSA) is 35.6 Å². The van der Waals surface area contributed by atoms with Crippen molar-refractivity contribution in [3.05, 3.63) is 206 Å². The van der Waals surface area contributed by atoms with Crippen molar-refractivity contribution in [1.82, 2.24) is 19.1 Å². The normalized spacial score (nSPS) is 14.2. The number of benzene rings is 6. The number of pyridine rings is 2. The second kappa shape index (κ2) is 13.2. The quantitative estimate of drug-likeness (QED) is 0.172. The maximum atomic E-state index is 5.05. The van der Waals surface area contributed by atoms with Crippen LogP contribution in [-0.2, 0) is 0 Å². The smallest absolute Gasteiger partial charge is 0.0709 e. The Hall–Kier alpha value is -7.30. The van der Waals surface area contributed by atoms with E-state index in [0.29, 0.717) is 0 Å². The van der Waals surface area contributed by atoms with Gasteiger partial charge in [-0.2, -0.15) is 0 Å². The standard InChI is InChI=1S/C52H36N4/c1-3-13-35(14-4-1)45-19-11-21-47(53-45)37-25-29-39(30-26-37)55-49-23-9-7-17-41(49)43-34-52-44(33-51(43)55)42-18-8-10-24-50(42)56(52)40-31-27-38(28-32-40)48-22-12-20-46(54-48)36-15-5-2-6-16-36/h1-31,33-34,40H,32H2. The Morgan fingerprint density at radius 3 is 1.57 bits per heavy atom. The van der Waals surface area contributed by atoms with Gasteiger partial charge in [0.15, 0.2) is 0 Å². The molecule has 0 spiro atoms. The van der Waals surface area contributed by atoms with Gasteiger partial charge >= 0.3 is 0 Å². The summed E-state index contributed by atoms with van der Waals surface area (Å²) in [4.78, 5) is 10.1. The molecule has 0 aliphatic heterocycles. The third kappa shape index (κ3) is 5.38. The minimum Gasteiger partial charge on any atom is -0.333 e. The highest BCUT2D eigenvalue weighted by Gasteiger charge is 2.22. The van der Waals surface area contributed by atoms with E-state index in [1.54, 1.807) is 0 Å². The van der Waals surface area contributed by atoms with Crippen LogP contribution >= 0.6 is 0 Å². The highest BCUT2D eigenvalue weighted by molar-refractivity contribution is 6.18.